The molecule has 0 aliphatic carbocycles. The minimum atomic E-state index is -0.119. The van der Waals surface area contributed by atoms with Gasteiger partial charge in [0.15, 0.2) is 0 Å². The molecule has 1 N–H and O–H groups in total. The molecule has 0 bridgehead atoms. The topological polar surface area (TPSA) is 32.3 Å². The number of benzene rings is 1. The second-order valence-electron chi connectivity index (χ2n) is 3.29. The molecule has 1 aromatic carbocycles. The van der Waals surface area contributed by atoms with Crippen molar-refractivity contribution in [1.29, 1.82) is 0 Å². The third-order valence-corrected chi connectivity index (χ3v) is 2.71. The van der Waals surface area contributed by atoms with E-state index >= 15 is 0 Å². The van der Waals surface area contributed by atoms with Crippen LogP contribution in [0.5, 0.6) is 0 Å². The quantitative estimate of drug-likeness (QED) is 0.824. The number of aryl methyl sites for hydroxylation is 1. The zero-order chi connectivity index (χ0) is 10.7. The summed E-state index contributed by atoms with van der Waals surface area (Å²) in [5.74, 6) is 0. The Kier molecular flexibility index (Phi) is 3.52. The van der Waals surface area contributed by atoms with Gasteiger partial charge in [-0.25, -0.2) is 4.79 Å². The summed E-state index contributed by atoms with van der Waals surface area (Å²) in [5.41, 5.74) is 1.91. The Labute approximate surface area is 92.2 Å². The molecule has 1 rings (SSSR count). The lowest BCUT2D eigenvalue weighted by Gasteiger charge is -2.12. The molecule has 0 saturated carbocycles. The summed E-state index contributed by atoms with van der Waals surface area (Å²) in [6.45, 7) is 1.98. The smallest absolute Gasteiger partial charge is 0.321 e. The number of carbonyl (C=O) groups excluding carboxylic acids is 1. The predicted molar refractivity (Wildman–Crippen MR) is 61.6 cm³/mol. The molecule has 0 saturated heterocycles. The lowest BCUT2D eigenvalue weighted by Crippen LogP contribution is -2.27. The summed E-state index contributed by atoms with van der Waals surface area (Å²) in [6, 6.07) is 5.58. The highest BCUT2D eigenvalue weighted by molar-refractivity contribution is 9.10. The Bertz CT molecular complexity index is 350. The number of nitrogens with one attached hydrogen (secondary N) is 1. The standard InChI is InChI=1S/C10H13BrN2O/c1-7-6-8(4-5-9(7)11)12-10(14)13(2)3/h4-6H,1-3H3,(H,12,14). The largest absolute Gasteiger partial charge is 0.331 e. The monoisotopic (exact) mass is 256 g/mol. The number of hydrogen-bond donors (Lipinski definition) is 1. The van der Waals surface area contributed by atoms with Crippen molar-refractivity contribution in [1.82, 2.24) is 4.90 Å². The normalized spacial score (nSPS) is 9.71. The van der Waals surface area contributed by atoms with Crippen molar-refractivity contribution in [2.24, 2.45) is 0 Å². The van der Waals surface area contributed by atoms with Gasteiger partial charge in [-0.05, 0) is 30.7 Å². The molecule has 0 heterocycles. The van der Waals surface area contributed by atoms with Crippen LogP contribution in [0.4, 0.5) is 10.5 Å². The molecule has 76 valence electrons. The van der Waals surface area contributed by atoms with Crippen LogP contribution in [-0.2, 0) is 0 Å². The van der Waals surface area contributed by atoms with Gasteiger partial charge in [0.1, 0.15) is 0 Å². The van der Waals surface area contributed by atoms with Gasteiger partial charge >= 0.3 is 6.03 Å². The molecule has 0 unspecified atom stereocenters. The lowest BCUT2D eigenvalue weighted by molar-refractivity contribution is 0.230. The van der Waals surface area contributed by atoms with Gasteiger partial charge < -0.3 is 10.2 Å². The Morgan fingerprint density at radius 1 is 1.43 bits per heavy atom. The van der Waals surface area contributed by atoms with E-state index in [1.165, 1.54) is 4.90 Å². The van der Waals surface area contributed by atoms with Crippen molar-refractivity contribution >= 4 is 27.6 Å². The molecule has 0 radical (unpaired) electrons. The first-order chi connectivity index (χ1) is 6.50. The molecule has 0 aromatic heterocycles. The average molecular weight is 257 g/mol. The van der Waals surface area contributed by atoms with Crippen LogP contribution in [0.1, 0.15) is 5.56 Å². The fourth-order valence-electron chi connectivity index (χ4n) is 0.958. The van der Waals surface area contributed by atoms with Gasteiger partial charge in [-0.1, -0.05) is 15.9 Å². The number of rotatable bonds is 1. The summed E-state index contributed by atoms with van der Waals surface area (Å²) in [6.07, 6.45) is 0. The zero-order valence-electron chi connectivity index (χ0n) is 8.47. The number of amides is 2. The van der Waals surface area contributed by atoms with E-state index in [2.05, 4.69) is 21.2 Å². The minimum Gasteiger partial charge on any atom is -0.331 e. The van der Waals surface area contributed by atoms with Crippen molar-refractivity contribution in [3.05, 3.63) is 28.2 Å². The number of nitrogens with zero attached hydrogens (tertiary/aromatic N) is 1. The van der Waals surface area contributed by atoms with Crippen molar-refractivity contribution in [2.45, 2.75) is 6.92 Å². The predicted octanol–water partition coefficient (Wildman–Crippen LogP) is 2.85. The van der Waals surface area contributed by atoms with Crippen LogP contribution in [0.15, 0.2) is 22.7 Å². The second-order valence-corrected chi connectivity index (χ2v) is 4.14. The number of carbonyl (C=O) groups is 1. The van der Waals surface area contributed by atoms with Crippen LogP contribution in [0.3, 0.4) is 0 Å². The van der Waals surface area contributed by atoms with Crippen molar-refractivity contribution in [2.75, 3.05) is 19.4 Å². The Morgan fingerprint density at radius 3 is 2.57 bits per heavy atom. The maximum atomic E-state index is 11.3. The van der Waals surface area contributed by atoms with E-state index in [0.29, 0.717) is 0 Å². The van der Waals surface area contributed by atoms with E-state index < -0.39 is 0 Å². The fraction of sp³-hybridized carbons (Fsp3) is 0.300. The highest BCUT2D eigenvalue weighted by Gasteiger charge is 2.04. The molecule has 0 atom stereocenters. The molecular weight excluding hydrogens is 244 g/mol. The van der Waals surface area contributed by atoms with Crippen molar-refractivity contribution < 1.29 is 4.79 Å². The first-order valence-corrected chi connectivity index (χ1v) is 5.04. The van der Waals surface area contributed by atoms with Crippen molar-refractivity contribution in [3.63, 3.8) is 0 Å². The van der Waals surface area contributed by atoms with Crippen LogP contribution < -0.4 is 5.32 Å². The molecule has 4 heteroatoms. The van der Waals surface area contributed by atoms with Gasteiger partial charge in [-0.2, -0.15) is 0 Å². The maximum absolute atomic E-state index is 11.3. The van der Waals surface area contributed by atoms with Crippen LogP contribution >= 0.6 is 15.9 Å². The van der Waals surface area contributed by atoms with Crippen molar-refractivity contribution in [3.8, 4) is 0 Å². The van der Waals surface area contributed by atoms with Gasteiger partial charge in [-0.15, -0.1) is 0 Å². The first-order valence-electron chi connectivity index (χ1n) is 4.25. The van der Waals surface area contributed by atoms with E-state index in [1.54, 1.807) is 14.1 Å². The van der Waals surface area contributed by atoms with E-state index in [9.17, 15) is 4.79 Å². The fourth-order valence-corrected chi connectivity index (χ4v) is 1.20. The third kappa shape index (κ3) is 2.73. The summed E-state index contributed by atoms with van der Waals surface area (Å²) in [7, 11) is 3.42. The molecule has 0 aliphatic heterocycles. The summed E-state index contributed by atoms with van der Waals surface area (Å²) in [5, 5.41) is 2.78. The highest BCUT2D eigenvalue weighted by Crippen LogP contribution is 2.19. The number of halogens is 1. The van der Waals surface area contributed by atoms with E-state index in [1.807, 2.05) is 25.1 Å². The number of hydrogen-bond acceptors (Lipinski definition) is 1. The summed E-state index contributed by atoms with van der Waals surface area (Å²) in [4.78, 5) is 12.8. The van der Waals surface area contributed by atoms with Gasteiger partial charge in [0.25, 0.3) is 0 Å². The van der Waals surface area contributed by atoms with Crippen LogP contribution in [0.2, 0.25) is 0 Å². The highest BCUT2D eigenvalue weighted by atomic mass is 79.9. The van der Waals surface area contributed by atoms with Crippen LogP contribution in [0.25, 0.3) is 0 Å². The molecule has 0 aliphatic rings. The van der Waals surface area contributed by atoms with E-state index in [4.69, 9.17) is 0 Å². The van der Waals surface area contributed by atoms with Gasteiger partial charge in [0, 0.05) is 24.3 Å². The van der Waals surface area contributed by atoms with E-state index in [0.717, 1.165) is 15.7 Å². The first kappa shape index (κ1) is 11.0. The minimum absolute atomic E-state index is 0.119. The number of urea groups is 1. The molecule has 3 nitrogen and oxygen atoms in total. The molecule has 14 heavy (non-hydrogen) atoms. The van der Waals surface area contributed by atoms with E-state index in [-0.39, 0.29) is 6.03 Å². The average Bonchev–Trinajstić information content (AvgIpc) is 2.11. The maximum Gasteiger partial charge on any atom is 0.321 e. The Hall–Kier alpha value is -1.03. The van der Waals surface area contributed by atoms with Gasteiger partial charge in [0.05, 0.1) is 0 Å². The Balaban J connectivity index is 2.78. The number of anilines is 1. The summed E-state index contributed by atoms with van der Waals surface area (Å²) < 4.78 is 1.04. The second kappa shape index (κ2) is 4.46. The van der Waals surface area contributed by atoms with Gasteiger partial charge in [0.2, 0.25) is 0 Å². The summed E-state index contributed by atoms with van der Waals surface area (Å²) >= 11 is 3.40. The molecule has 0 spiro atoms. The molecular formula is C10H13BrN2O. The van der Waals surface area contributed by atoms with Gasteiger partial charge in [-0.3, -0.25) is 0 Å². The van der Waals surface area contributed by atoms with Crippen LogP contribution in [0, 0.1) is 6.92 Å². The van der Waals surface area contributed by atoms with Crippen LogP contribution in [-0.4, -0.2) is 25.0 Å². The molecule has 1 aromatic rings. The SMILES string of the molecule is Cc1cc(NC(=O)N(C)C)ccc1Br. The molecule has 2 amide bonds. The zero-order valence-corrected chi connectivity index (χ0v) is 10.1. The third-order valence-electron chi connectivity index (χ3n) is 1.82. The Morgan fingerprint density at radius 2 is 2.07 bits per heavy atom. The lowest BCUT2D eigenvalue weighted by atomic mass is 10.2. The molecule has 0 fully saturated rings.